The van der Waals surface area contributed by atoms with Crippen molar-refractivity contribution in [2.24, 2.45) is 5.73 Å². The van der Waals surface area contributed by atoms with Crippen LogP contribution in [-0.4, -0.2) is 20.8 Å². The van der Waals surface area contributed by atoms with Gasteiger partial charge in [-0.2, -0.15) is 5.10 Å². The van der Waals surface area contributed by atoms with Crippen LogP contribution in [0.3, 0.4) is 0 Å². The summed E-state index contributed by atoms with van der Waals surface area (Å²) in [7, 11) is 0. The van der Waals surface area contributed by atoms with Gasteiger partial charge in [-0.1, -0.05) is 0 Å². The molecule has 1 aromatic heterocycles. The molecule has 0 bridgehead atoms. The van der Waals surface area contributed by atoms with Crippen molar-refractivity contribution in [3.8, 4) is 0 Å². The lowest BCUT2D eigenvalue weighted by Crippen LogP contribution is -2.22. The van der Waals surface area contributed by atoms with Crippen molar-refractivity contribution < 1.29 is 0 Å². The Bertz CT molecular complexity index is 160. The third-order valence-electron chi connectivity index (χ3n) is 0.942. The van der Waals surface area contributed by atoms with Crippen LogP contribution < -0.4 is 5.73 Å². The molecule has 0 saturated heterocycles. The minimum absolute atomic E-state index is 0. The fraction of sp³-hybridized carbons (Fsp3) is 0.600. The second-order valence-electron chi connectivity index (χ2n) is 2.09. The standard InChI is InChI=1S/C5H10N4.ClH/c1-5(6)2-9-4-7-3-8-9;/h3-5H,2,6H2,1H3;1H/t5-;/m1./s1. The molecule has 0 aliphatic rings. The largest absolute Gasteiger partial charge is 0.326 e. The molecule has 1 aromatic rings. The van der Waals surface area contributed by atoms with Gasteiger partial charge in [0.25, 0.3) is 0 Å². The van der Waals surface area contributed by atoms with Gasteiger partial charge in [0.2, 0.25) is 0 Å². The van der Waals surface area contributed by atoms with Crippen molar-refractivity contribution in [2.75, 3.05) is 0 Å². The molecular formula is C5H11ClN4. The van der Waals surface area contributed by atoms with Crippen LogP contribution in [0.15, 0.2) is 12.7 Å². The van der Waals surface area contributed by atoms with Crippen LogP contribution in [0.1, 0.15) is 6.92 Å². The molecule has 58 valence electrons. The average Bonchev–Trinajstić information content (AvgIpc) is 2.15. The second-order valence-corrected chi connectivity index (χ2v) is 2.09. The molecule has 0 aliphatic heterocycles. The normalized spacial score (nSPS) is 12.2. The van der Waals surface area contributed by atoms with E-state index in [1.54, 1.807) is 11.0 Å². The number of aromatic nitrogens is 3. The molecule has 0 saturated carbocycles. The highest BCUT2D eigenvalue weighted by Gasteiger charge is 1.93. The Balaban J connectivity index is 0.000000810. The fourth-order valence-corrected chi connectivity index (χ4v) is 0.622. The van der Waals surface area contributed by atoms with Crippen molar-refractivity contribution >= 4 is 12.4 Å². The summed E-state index contributed by atoms with van der Waals surface area (Å²) in [5.74, 6) is 0. The number of rotatable bonds is 2. The van der Waals surface area contributed by atoms with E-state index in [1.165, 1.54) is 6.33 Å². The predicted molar refractivity (Wildman–Crippen MR) is 40.9 cm³/mol. The fourth-order valence-electron chi connectivity index (χ4n) is 0.622. The van der Waals surface area contributed by atoms with Gasteiger partial charge in [0, 0.05) is 6.04 Å². The van der Waals surface area contributed by atoms with E-state index < -0.39 is 0 Å². The Hall–Kier alpha value is -0.610. The maximum atomic E-state index is 5.50. The van der Waals surface area contributed by atoms with Gasteiger partial charge in [-0.05, 0) is 6.92 Å². The summed E-state index contributed by atoms with van der Waals surface area (Å²) in [5.41, 5.74) is 5.50. The third kappa shape index (κ3) is 2.80. The second kappa shape index (κ2) is 4.24. The van der Waals surface area contributed by atoms with E-state index in [4.69, 9.17) is 5.73 Å². The Morgan fingerprint density at radius 2 is 2.40 bits per heavy atom. The maximum Gasteiger partial charge on any atom is 0.137 e. The SMILES string of the molecule is C[C@@H](N)Cn1cncn1.Cl. The summed E-state index contributed by atoms with van der Waals surface area (Å²) in [5, 5.41) is 3.88. The van der Waals surface area contributed by atoms with Gasteiger partial charge in [0.1, 0.15) is 12.7 Å². The Morgan fingerprint density at radius 3 is 2.80 bits per heavy atom. The molecule has 2 N–H and O–H groups in total. The van der Waals surface area contributed by atoms with Crippen LogP contribution >= 0.6 is 12.4 Å². The zero-order chi connectivity index (χ0) is 6.69. The smallest absolute Gasteiger partial charge is 0.137 e. The van der Waals surface area contributed by atoms with Gasteiger partial charge < -0.3 is 5.73 Å². The molecule has 10 heavy (non-hydrogen) atoms. The monoisotopic (exact) mass is 162 g/mol. The molecule has 0 aliphatic carbocycles. The predicted octanol–water partition coefficient (Wildman–Crippen LogP) is 0.0471. The summed E-state index contributed by atoms with van der Waals surface area (Å²) < 4.78 is 1.71. The summed E-state index contributed by atoms with van der Waals surface area (Å²) in [6.07, 6.45) is 3.16. The van der Waals surface area contributed by atoms with Crippen molar-refractivity contribution in [1.82, 2.24) is 14.8 Å². The third-order valence-corrected chi connectivity index (χ3v) is 0.942. The first-order valence-electron chi connectivity index (χ1n) is 2.87. The molecule has 1 atom stereocenters. The molecule has 0 radical (unpaired) electrons. The molecule has 0 fully saturated rings. The van der Waals surface area contributed by atoms with Crippen LogP contribution in [0, 0.1) is 0 Å². The molecule has 1 heterocycles. The quantitative estimate of drug-likeness (QED) is 0.669. The first-order chi connectivity index (χ1) is 4.29. The summed E-state index contributed by atoms with van der Waals surface area (Å²) >= 11 is 0. The van der Waals surface area contributed by atoms with Gasteiger partial charge in [-0.3, -0.25) is 4.68 Å². The minimum atomic E-state index is 0. The molecule has 0 aromatic carbocycles. The van der Waals surface area contributed by atoms with Crippen LogP contribution in [0.2, 0.25) is 0 Å². The lowest BCUT2D eigenvalue weighted by molar-refractivity contribution is 0.537. The maximum absolute atomic E-state index is 5.50. The van der Waals surface area contributed by atoms with Gasteiger partial charge in [-0.15, -0.1) is 12.4 Å². The van der Waals surface area contributed by atoms with Gasteiger partial charge in [0.05, 0.1) is 6.54 Å². The Labute approximate surface area is 65.8 Å². The van der Waals surface area contributed by atoms with Crippen molar-refractivity contribution in [3.63, 3.8) is 0 Å². The van der Waals surface area contributed by atoms with Crippen molar-refractivity contribution in [3.05, 3.63) is 12.7 Å². The molecule has 0 amide bonds. The molecule has 1 rings (SSSR count). The van der Waals surface area contributed by atoms with Crippen LogP contribution in [0.25, 0.3) is 0 Å². The summed E-state index contributed by atoms with van der Waals surface area (Å²) in [4.78, 5) is 3.77. The highest BCUT2D eigenvalue weighted by Crippen LogP contribution is 1.82. The van der Waals surface area contributed by atoms with Crippen molar-refractivity contribution in [2.45, 2.75) is 19.5 Å². The number of nitrogens with two attached hydrogens (primary N) is 1. The van der Waals surface area contributed by atoms with E-state index in [1.807, 2.05) is 6.92 Å². The van der Waals surface area contributed by atoms with Gasteiger partial charge in [0.15, 0.2) is 0 Å². The van der Waals surface area contributed by atoms with Crippen molar-refractivity contribution in [1.29, 1.82) is 0 Å². The van der Waals surface area contributed by atoms with E-state index in [-0.39, 0.29) is 18.4 Å². The Kier molecular flexibility index (Phi) is 3.99. The zero-order valence-corrected chi connectivity index (χ0v) is 6.58. The van der Waals surface area contributed by atoms with Gasteiger partial charge in [-0.25, -0.2) is 4.98 Å². The van der Waals surface area contributed by atoms with Crippen LogP contribution in [-0.2, 0) is 6.54 Å². The lowest BCUT2D eigenvalue weighted by atomic mass is 10.4. The van der Waals surface area contributed by atoms with E-state index in [9.17, 15) is 0 Å². The molecule has 0 spiro atoms. The average molecular weight is 163 g/mol. The lowest BCUT2D eigenvalue weighted by Gasteiger charge is -2.01. The first kappa shape index (κ1) is 9.39. The number of hydrogen-bond acceptors (Lipinski definition) is 3. The van der Waals surface area contributed by atoms with E-state index in [0.29, 0.717) is 0 Å². The molecule has 5 heteroatoms. The van der Waals surface area contributed by atoms with E-state index in [0.717, 1.165) is 6.54 Å². The molecule has 4 nitrogen and oxygen atoms in total. The first-order valence-corrected chi connectivity index (χ1v) is 2.87. The van der Waals surface area contributed by atoms with Crippen LogP contribution in [0.4, 0.5) is 0 Å². The van der Waals surface area contributed by atoms with Gasteiger partial charge >= 0.3 is 0 Å². The highest BCUT2D eigenvalue weighted by atomic mass is 35.5. The topological polar surface area (TPSA) is 56.7 Å². The zero-order valence-electron chi connectivity index (χ0n) is 5.77. The highest BCUT2D eigenvalue weighted by molar-refractivity contribution is 5.85. The molecular weight excluding hydrogens is 152 g/mol. The summed E-state index contributed by atoms with van der Waals surface area (Å²) in [6, 6.07) is 0.145. The van der Waals surface area contributed by atoms with E-state index >= 15 is 0 Å². The number of halogens is 1. The molecule has 0 unspecified atom stereocenters. The number of nitrogens with zero attached hydrogens (tertiary/aromatic N) is 3. The Morgan fingerprint density at radius 1 is 1.70 bits per heavy atom. The minimum Gasteiger partial charge on any atom is -0.326 e. The van der Waals surface area contributed by atoms with E-state index in [2.05, 4.69) is 10.1 Å². The van der Waals surface area contributed by atoms with Crippen LogP contribution in [0.5, 0.6) is 0 Å². The summed E-state index contributed by atoms with van der Waals surface area (Å²) in [6.45, 7) is 2.67. The number of hydrogen-bond donors (Lipinski definition) is 1.